The van der Waals surface area contributed by atoms with Crippen molar-refractivity contribution in [2.75, 3.05) is 5.33 Å². The van der Waals surface area contributed by atoms with Crippen LogP contribution < -0.4 is 0 Å². The van der Waals surface area contributed by atoms with Gasteiger partial charge in [0, 0.05) is 5.33 Å². The lowest BCUT2D eigenvalue weighted by Crippen LogP contribution is -1.79. The molecule has 2 heteroatoms. The van der Waals surface area contributed by atoms with Crippen LogP contribution in [-0.4, -0.2) is 5.33 Å². The standard InChI is InChI=1S/C12H12BrF/c1-10(4-2-3-9-13)11-5-7-12(14)8-6-11/h2-8H,9H2,1H3/b3-2-,10-4+. The SMILES string of the molecule is C/C(=C\C=C/CBr)c1ccc(F)cc1. The van der Waals surface area contributed by atoms with Gasteiger partial charge in [-0.25, -0.2) is 4.39 Å². The van der Waals surface area contributed by atoms with Gasteiger partial charge in [0.05, 0.1) is 0 Å². The number of benzene rings is 1. The van der Waals surface area contributed by atoms with E-state index in [0.29, 0.717) is 0 Å². The van der Waals surface area contributed by atoms with E-state index in [1.54, 1.807) is 12.1 Å². The third kappa shape index (κ3) is 3.46. The molecule has 0 atom stereocenters. The average molecular weight is 255 g/mol. The summed E-state index contributed by atoms with van der Waals surface area (Å²) in [5, 5.41) is 0.847. The molecule has 0 radical (unpaired) electrons. The fourth-order valence-electron chi connectivity index (χ4n) is 1.07. The average Bonchev–Trinajstić information content (AvgIpc) is 2.19. The van der Waals surface area contributed by atoms with Gasteiger partial charge >= 0.3 is 0 Å². The molecule has 0 amide bonds. The first kappa shape index (κ1) is 11.2. The van der Waals surface area contributed by atoms with Gasteiger partial charge in [-0.05, 0) is 30.2 Å². The number of halogens is 2. The van der Waals surface area contributed by atoms with E-state index in [0.717, 1.165) is 16.5 Å². The van der Waals surface area contributed by atoms with Crippen molar-refractivity contribution in [2.45, 2.75) is 6.92 Å². The van der Waals surface area contributed by atoms with Crippen molar-refractivity contribution in [1.82, 2.24) is 0 Å². The Hall–Kier alpha value is -0.890. The smallest absolute Gasteiger partial charge is 0.123 e. The molecule has 0 unspecified atom stereocenters. The lowest BCUT2D eigenvalue weighted by Gasteiger charge is -1.99. The Morgan fingerprint density at radius 2 is 2.00 bits per heavy atom. The van der Waals surface area contributed by atoms with Crippen LogP contribution in [0.1, 0.15) is 12.5 Å². The highest BCUT2D eigenvalue weighted by atomic mass is 79.9. The molecule has 0 saturated heterocycles. The van der Waals surface area contributed by atoms with Crippen LogP contribution >= 0.6 is 15.9 Å². The molecule has 0 aromatic heterocycles. The molecule has 1 aromatic carbocycles. The molecule has 0 saturated carbocycles. The molecule has 1 rings (SSSR count). The number of rotatable bonds is 3. The van der Waals surface area contributed by atoms with E-state index in [-0.39, 0.29) is 5.82 Å². The highest BCUT2D eigenvalue weighted by molar-refractivity contribution is 9.09. The Balaban J connectivity index is 2.78. The minimum Gasteiger partial charge on any atom is -0.207 e. The molecule has 0 aliphatic carbocycles. The van der Waals surface area contributed by atoms with E-state index < -0.39 is 0 Å². The third-order valence-electron chi connectivity index (χ3n) is 1.87. The molecule has 74 valence electrons. The first-order chi connectivity index (χ1) is 6.74. The number of alkyl halides is 1. The third-order valence-corrected chi connectivity index (χ3v) is 2.24. The van der Waals surface area contributed by atoms with Crippen molar-refractivity contribution in [3.63, 3.8) is 0 Å². The van der Waals surface area contributed by atoms with Crippen LogP contribution in [0.4, 0.5) is 4.39 Å². The van der Waals surface area contributed by atoms with Gasteiger partial charge in [-0.3, -0.25) is 0 Å². The summed E-state index contributed by atoms with van der Waals surface area (Å²) in [6.07, 6.45) is 6.00. The predicted molar refractivity (Wildman–Crippen MR) is 63.0 cm³/mol. The fraction of sp³-hybridized carbons (Fsp3) is 0.167. The lowest BCUT2D eigenvalue weighted by atomic mass is 10.1. The molecule has 0 bridgehead atoms. The highest BCUT2D eigenvalue weighted by Crippen LogP contribution is 2.13. The summed E-state index contributed by atoms with van der Waals surface area (Å²) in [4.78, 5) is 0. The maximum atomic E-state index is 12.6. The molecular weight excluding hydrogens is 243 g/mol. The zero-order chi connectivity index (χ0) is 10.4. The summed E-state index contributed by atoms with van der Waals surface area (Å²) in [6.45, 7) is 2.01. The predicted octanol–water partition coefficient (Wildman–Crippen LogP) is 4.18. The summed E-state index contributed by atoms with van der Waals surface area (Å²) in [5.74, 6) is -0.197. The van der Waals surface area contributed by atoms with E-state index in [2.05, 4.69) is 15.9 Å². The van der Waals surface area contributed by atoms with E-state index >= 15 is 0 Å². The van der Waals surface area contributed by atoms with E-state index in [4.69, 9.17) is 0 Å². The molecule has 0 nitrogen and oxygen atoms in total. The quantitative estimate of drug-likeness (QED) is 0.561. The van der Waals surface area contributed by atoms with E-state index in [1.807, 2.05) is 25.2 Å². The highest BCUT2D eigenvalue weighted by Gasteiger charge is 1.94. The summed E-state index contributed by atoms with van der Waals surface area (Å²) < 4.78 is 12.6. The molecule has 0 aliphatic heterocycles. The van der Waals surface area contributed by atoms with Crippen LogP contribution in [0.5, 0.6) is 0 Å². The van der Waals surface area contributed by atoms with Gasteiger partial charge in [-0.2, -0.15) is 0 Å². The van der Waals surface area contributed by atoms with Gasteiger partial charge in [0.1, 0.15) is 5.82 Å². The molecule has 14 heavy (non-hydrogen) atoms. The maximum Gasteiger partial charge on any atom is 0.123 e. The Kier molecular flexibility index (Phi) is 4.60. The molecule has 0 heterocycles. The topological polar surface area (TPSA) is 0 Å². The van der Waals surface area contributed by atoms with Crippen molar-refractivity contribution in [2.24, 2.45) is 0 Å². The largest absolute Gasteiger partial charge is 0.207 e. The van der Waals surface area contributed by atoms with Crippen LogP contribution in [-0.2, 0) is 0 Å². The second-order valence-corrected chi connectivity index (χ2v) is 3.59. The molecule has 0 aliphatic rings. The van der Waals surface area contributed by atoms with E-state index in [9.17, 15) is 4.39 Å². The minimum absolute atomic E-state index is 0.197. The normalized spacial score (nSPS) is 12.4. The summed E-state index contributed by atoms with van der Waals surface area (Å²) in [6, 6.07) is 6.51. The van der Waals surface area contributed by atoms with Crippen molar-refractivity contribution in [3.8, 4) is 0 Å². The molecular formula is C12H12BrF. The maximum absolute atomic E-state index is 12.6. The van der Waals surface area contributed by atoms with Gasteiger partial charge < -0.3 is 0 Å². The number of hydrogen-bond acceptors (Lipinski definition) is 0. The number of allylic oxidation sites excluding steroid dienone is 4. The second-order valence-electron chi connectivity index (χ2n) is 2.94. The van der Waals surface area contributed by atoms with Gasteiger partial charge in [-0.15, -0.1) is 0 Å². The summed E-state index contributed by atoms with van der Waals surface area (Å²) >= 11 is 3.30. The van der Waals surface area contributed by atoms with Gasteiger partial charge in [0.25, 0.3) is 0 Å². The molecule has 0 fully saturated rings. The van der Waals surface area contributed by atoms with Crippen molar-refractivity contribution in [1.29, 1.82) is 0 Å². The Morgan fingerprint density at radius 3 is 2.57 bits per heavy atom. The van der Waals surface area contributed by atoms with Crippen molar-refractivity contribution >= 4 is 21.5 Å². The molecule has 1 aromatic rings. The zero-order valence-electron chi connectivity index (χ0n) is 8.00. The van der Waals surface area contributed by atoms with Crippen molar-refractivity contribution in [3.05, 3.63) is 53.9 Å². The van der Waals surface area contributed by atoms with Gasteiger partial charge in [0.15, 0.2) is 0 Å². The van der Waals surface area contributed by atoms with Gasteiger partial charge in [-0.1, -0.05) is 46.3 Å². The lowest BCUT2D eigenvalue weighted by molar-refractivity contribution is 0.627. The fourth-order valence-corrected chi connectivity index (χ4v) is 1.29. The Morgan fingerprint density at radius 1 is 1.36 bits per heavy atom. The zero-order valence-corrected chi connectivity index (χ0v) is 9.59. The summed E-state index contributed by atoms with van der Waals surface area (Å²) in [7, 11) is 0. The first-order valence-electron chi connectivity index (χ1n) is 4.39. The number of hydrogen-bond donors (Lipinski definition) is 0. The second kappa shape index (κ2) is 5.76. The molecule has 0 spiro atoms. The van der Waals surface area contributed by atoms with E-state index in [1.165, 1.54) is 12.1 Å². The van der Waals surface area contributed by atoms with Crippen molar-refractivity contribution < 1.29 is 4.39 Å². The summed E-state index contributed by atoms with van der Waals surface area (Å²) in [5.41, 5.74) is 2.17. The minimum atomic E-state index is -0.197. The Bertz CT molecular complexity index is 336. The van der Waals surface area contributed by atoms with Crippen LogP contribution in [0.2, 0.25) is 0 Å². The molecule has 0 N–H and O–H groups in total. The van der Waals surface area contributed by atoms with Crippen LogP contribution in [0.3, 0.4) is 0 Å². The Labute approximate surface area is 92.3 Å². The first-order valence-corrected chi connectivity index (χ1v) is 5.51. The van der Waals surface area contributed by atoms with Crippen LogP contribution in [0, 0.1) is 5.82 Å². The van der Waals surface area contributed by atoms with Crippen LogP contribution in [0.15, 0.2) is 42.5 Å². The van der Waals surface area contributed by atoms with Crippen LogP contribution in [0.25, 0.3) is 5.57 Å². The monoisotopic (exact) mass is 254 g/mol. The van der Waals surface area contributed by atoms with Gasteiger partial charge in [0.2, 0.25) is 0 Å².